The maximum absolute atomic E-state index is 12.2. The van der Waals surface area contributed by atoms with Crippen LogP contribution in [0.25, 0.3) is 0 Å². The fourth-order valence-electron chi connectivity index (χ4n) is 2.46. The van der Waals surface area contributed by atoms with E-state index in [1.807, 2.05) is 12.3 Å². The predicted molar refractivity (Wildman–Crippen MR) is 109 cm³/mol. The van der Waals surface area contributed by atoms with Crippen LogP contribution < -0.4 is 16.2 Å². The van der Waals surface area contributed by atoms with E-state index in [1.54, 1.807) is 0 Å². The van der Waals surface area contributed by atoms with Gasteiger partial charge in [-0.3, -0.25) is 45.5 Å². The summed E-state index contributed by atoms with van der Waals surface area (Å²) >= 11 is 0. The molecule has 162 valence electrons. The van der Waals surface area contributed by atoms with Crippen molar-refractivity contribution >= 4 is 34.8 Å². The molecule has 3 amide bonds. The largest absolute Gasteiger partial charge is 0.326 e. The Kier molecular flexibility index (Phi) is 7.72. The number of nitro groups is 2. The topological polar surface area (TPSA) is 174 Å². The van der Waals surface area contributed by atoms with Gasteiger partial charge in [-0.2, -0.15) is 0 Å². The molecule has 0 heterocycles. The Bertz CT molecular complexity index is 989. The highest BCUT2D eigenvalue weighted by Gasteiger charge is 2.20. The fourth-order valence-corrected chi connectivity index (χ4v) is 2.46. The molecular weight excluding hydrogens is 410 g/mol. The van der Waals surface area contributed by atoms with Crippen LogP contribution in [0, 0.1) is 20.2 Å². The summed E-state index contributed by atoms with van der Waals surface area (Å²) in [6, 6.07) is 8.31. The van der Waals surface area contributed by atoms with E-state index in [9.17, 15) is 34.6 Å². The first-order valence-corrected chi connectivity index (χ1v) is 9.15. The molecule has 2 rings (SSSR count). The van der Waals surface area contributed by atoms with Gasteiger partial charge in [0.2, 0.25) is 5.91 Å². The second-order valence-corrected chi connectivity index (χ2v) is 6.39. The first-order chi connectivity index (χ1) is 14.7. The second-order valence-electron chi connectivity index (χ2n) is 6.39. The van der Waals surface area contributed by atoms with Crippen molar-refractivity contribution in [1.82, 2.24) is 10.9 Å². The zero-order valence-electron chi connectivity index (χ0n) is 16.4. The van der Waals surface area contributed by atoms with Gasteiger partial charge in [0.05, 0.1) is 21.5 Å². The van der Waals surface area contributed by atoms with Crippen LogP contribution in [0.4, 0.5) is 17.1 Å². The van der Waals surface area contributed by atoms with E-state index in [2.05, 4.69) is 10.7 Å². The van der Waals surface area contributed by atoms with Gasteiger partial charge in [-0.15, -0.1) is 0 Å². The molecule has 0 saturated heterocycles. The lowest BCUT2D eigenvalue weighted by molar-refractivity contribution is -0.394. The van der Waals surface area contributed by atoms with Gasteiger partial charge in [0.15, 0.2) is 0 Å². The number of nitrogens with zero attached hydrogens (tertiary/aromatic N) is 2. The normalized spacial score (nSPS) is 10.1. The molecule has 0 spiro atoms. The van der Waals surface area contributed by atoms with Gasteiger partial charge in [0.1, 0.15) is 0 Å². The summed E-state index contributed by atoms with van der Waals surface area (Å²) in [7, 11) is 0. The minimum Gasteiger partial charge on any atom is -0.326 e. The van der Waals surface area contributed by atoms with E-state index in [1.165, 1.54) is 24.3 Å². The van der Waals surface area contributed by atoms with E-state index in [0.717, 1.165) is 31.0 Å². The number of anilines is 1. The number of hydrogen-bond acceptors (Lipinski definition) is 7. The predicted octanol–water partition coefficient (Wildman–Crippen LogP) is 2.71. The van der Waals surface area contributed by atoms with Gasteiger partial charge in [-0.1, -0.05) is 13.3 Å². The summed E-state index contributed by atoms with van der Waals surface area (Å²) in [5.41, 5.74) is 3.19. The zero-order valence-corrected chi connectivity index (χ0v) is 16.4. The lowest BCUT2D eigenvalue weighted by Gasteiger charge is -2.09. The molecule has 0 fully saturated rings. The highest BCUT2D eigenvalue weighted by atomic mass is 16.6. The molecule has 0 bridgehead atoms. The molecule has 0 aliphatic heterocycles. The van der Waals surface area contributed by atoms with Gasteiger partial charge < -0.3 is 5.32 Å². The average molecular weight is 429 g/mol. The number of nitro benzene ring substituents is 2. The molecule has 0 aliphatic rings. The molecular formula is C19H19N5O7. The molecule has 12 heteroatoms. The summed E-state index contributed by atoms with van der Waals surface area (Å²) < 4.78 is 0. The number of hydrogen-bond donors (Lipinski definition) is 3. The molecule has 2 aromatic carbocycles. The Morgan fingerprint density at radius 1 is 0.839 bits per heavy atom. The number of nitrogens with one attached hydrogen (secondary N) is 3. The van der Waals surface area contributed by atoms with E-state index in [4.69, 9.17) is 0 Å². The Balaban J connectivity index is 2.01. The summed E-state index contributed by atoms with van der Waals surface area (Å²) in [5.74, 6) is -1.81. The van der Waals surface area contributed by atoms with Crippen LogP contribution in [0.15, 0.2) is 42.5 Å². The molecule has 0 saturated carbocycles. The number of rotatable bonds is 8. The van der Waals surface area contributed by atoms with Crippen molar-refractivity contribution in [2.75, 3.05) is 5.32 Å². The SMILES string of the molecule is CCCCC(=O)Nc1ccc(C(=O)NNC(=O)c2cc([N+](=O)[O-])cc([N+](=O)[O-])c2)cc1. The molecule has 0 aliphatic carbocycles. The Hall–Kier alpha value is -4.35. The van der Waals surface area contributed by atoms with Crippen molar-refractivity contribution < 1.29 is 24.2 Å². The number of benzene rings is 2. The van der Waals surface area contributed by atoms with Crippen molar-refractivity contribution in [1.29, 1.82) is 0 Å². The lowest BCUT2D eigenvalue weighted by Crippen LogP contribution is -2.41. The van der Waals surface area contributed by atoms with Gasteiger partial charge in [0, 0.05) is 29.8 Å². The number of non-ortho nitro benzene ring substituents is 2. The molecule has 0 atom stereocenters. The minimum absolute atomic E-state index is 0.141. The van der Waals surface area contributed by atoms with Crippen molar-refractivity contribution in [3.05, 3.63) is 73.8 Å². The van der Waals surface area contributed by atoms with E-state index >= 15 is 0 Å². The number of hydrazine groups is 1. The molecule has 12 nitrogen and oxygen atoms in total. The number of amides is 3. The van der Waals surface area contributed by atoms with Crippen molar-refractivity contribution in [2.45, 2.75) is 26.2 Å². The summed E-state index contributed by atoms with van der Waals surface area (Å²) in [5, 5.41) is 24.5. The lowest BCUT2D eigenvalue weighted by atomic mass is 10.1. The molecule has 0 aromatic heterocycles. The number of carbonyl (C=O) groups is 3. The summed E-state index contributed by atoms with van der Waals surface area (Å²) in [6.07, 6.45) is 2.04. The number of carbonyl (C=O) groups excluding carboxylic acids is 3. The third-order valence-corrected chi connectivity index (χ3v) is 4.06. The highest BCUT2D eigenvalue weighted by Crippen LogP contribution is 2.22. The second kappa shape index (κ2) is 10.4. The average Bonchev–Trinajstić information content (AvgIpc) is 2.75. The van der Waals surface area contributed by atoms with E-state index in [-0.39, 0.29) is 17.0 Å². The zero-order chi connectivity index (χ0) is 23.0. The van der Waals surface area contributed by atoms with Crippen LogP contribution in [-0.2, 0) is 4.79 Å². The van der Waals surface area contributed by atoms with Crippen molar-refractivity contribution in [3.63, 3.8) is 0 Å². The van der Waals surface area contributed by atoms with Crippen LogP contribution in [0.1, 0.15) is 46.9 Å². The molecule has 2 aromatic rings. The third-order valence-electron chi connectivity index (χ3n) is 4.06. The standard InChI is InChI=1S/C19H19N5O7/c1-2-3-4-17(25)20-14-7-5-12(6-8-14)18(26)21-22-19(27)13-9-15(23(28)29)11-16(10-13)24(30)31/h5-11H,2-4H2,1H3,(H,20,25)(H,21,26)(H,22,27). The smallest absolute Gasteiger partial charge is 0.277 e. The monoisotopic (exact) mass is 429 g/mol. The molecule has 0 unspecified atom stereocenters. The Labute approximate surface area is 175 Å². The Morgan fingerprint density at radius 3 is 1.84 bits per heavy atom. The van der Waals surface area contributed by atoms with Gasteiger partial charge in [-0.05, 0) is 30.7 Å². The van der Waals surface area contributed by atoms with Crippen LogP contribution in [-0.4, -0.2) is 27.6 Å². The summed E-state index contributed by atoms with van der Waals surface area (Å²) in [6.45, 7) is 1.97. The minimum atomic E-state index is -0.972. The first kappa shape index (κ1) is 22.9. The Morgan fingerprint density at radius 2 is 1.35 bits per heavy atom. The fraction of sp³-hybridized carbons (Fsp3) is 0.211. The highest BCUT2D eigenvalue weighted by molar-refractivity contribution is 6.00. The van der Waals surface area contributed by atoms with Gasteiger partial charge >= 0.3 is 0 Å². The van der Waals surface area contributed by atoms with E-state index in [0.29, 0.717) is 12.1 Å². The third kappa shape index (κ3) is 6.59. The van der Waals surface area contributed by atoms with E-state index < -0.39 is 33.0 Å². The molecule has 3 N–H and O–H groups in total. The van der Waals surface area contributed by atoms with Crippen LogP contribution in [0.2, 0.25) is 0 Å². The molecule has 31 heavy (non-hydrogen) atoms. The van der Waals surface area contributed by atoms with Gasteiger partial charge in [0.25, 0.3) is 23.2 Å². The van der Waals surface area contributed by atoms with Crippen LogP contribution in [0.5, 0.6) is 0 Å². The van der Waals surface area contributed by atoms with Crippen molar-refractivity contribution in [2.24, 2.45) is 0 Å². The number of unbranched alkanes of at least 4 members (excludes halogenated alkanes) is 1. The molecule has 0 radical (unpaired) electrons. The quantitative estimate of drug-likeness (QED) is 0.427. The maximum atomic E-state index is 12.2. The van der Waals surface area contributed by atoms with Gasteiger partial charge in [-0.25, -0.2) is 0 Å². The van der Waals surface area contributed by atoms with Crippen molar-refractivity contribution in [3.8, 4) is 0 Å². The summed E-state index contributed by atoms with van der Waals surface area (Å²) in [4.78, 5) is 56.1. The van der Waals surface area contributed by atoms with Crippen LogP contribution in [0.3, 0.4) is 0 Å². The first-order valence-electron chi connectivity index (χ1n) is 9.15. The maximum Gasteiger partial charge on any atom is 0.277 e. The van der Waals surface area contributed by atoms with Crippen LogP contribution >= 0.6 is 0 Å².